The maximum Gasteiger partial charge on any atom is 0.274 e. The van der Waals surface area contributed by atoms with Crippen LogP contribution in [0.3, 0.4) is 0 Å². The molecule has 110 valence electrons. The van der Waals surface area contributed by atoms with Crippen LogP contribution in [0.25, 0.3) is 11.6 Å². The van der Waals surface area contributed by atoms with E-state index in [-0.39, 0.29) is 6.10 Å². The van der Waals surface area contributed by atoms with Crippen LogP contribution in [0.2, 0.25) is 0 Å². The molecule has 1 saturated carbocycles. The molecule has 0 bridgehead atoms. The lowest BCUT2D eigenvalue weighted by Gasteiger charge is -2.26. The molecular weight excluding hydrogens is 268 g/mol. The van der Waals surface area contributed by atoms with Crippen LogP contribution in [0.4, 0.5) is 0 Å². The van der Waals surface area contributed by atoms with Gasteiger partial charge < -0.3 is 14.2 Å². The predicted octanol–water partition coefficient (Wildman–Crippen LogP) is 3.20. The van der Waals surface area contributed by atoms with E-state index >= 15 is 0 Å². The number of aromatic amines is 1. The Morgan fingerprint density at radius 2 is 2.19 bits per heavy atom. The third kappa shape index (κ3) is 2.83. The predicted molar refractivity (Wildman–Crippen MR) is 75.1 cm³/mol. The van der Waals surface area contributed by atoms with Crippen molar-refractivity contribution in [3.8, 4) is 17.7 Å². The number of nitrogens with one attached hydrogen (secondary N) is 1. The van der Waals surface area contributed by atoms with Gasteiger partial charge in [0, 0.05) is 7.11 Å². The summed E-state index contributed by atoms with van der Waals surface area (Å²) in [5.74, 6) is 1.43. The highest BCUT2D eigenvalue weighted by molar-refractivity contribution is 5.49. The molecule has 3 rings (SSSR count). The molecule has 0 saturated heterocycles. The summed E-state index contributed by atoms with van der Waals surface area (Å²) >= 11 is 0. The minimum Gasteiger partial charge on any atom is -0.373 e. The van der Waals surface area contributed by atoms with Gasteiger partial charge in [-0.25, -0.2) is 0 Å². The van der Waals surface area contributed by atoms with E-state index in [9.17, 15) is 0 Å². The fourth-order valence-corrected chi connectivity index (χ4v) is 2.99. The molecule has 0 aliphatic heterocycles. The topological polar surface area (TPSA) is 87.7 Å². The Labute approximate surface area is 123 Å². The average molecular weight is 286 g/mol. The number of H-pyrrole nitrogens is 1. The van der Waals surface area contributed by atoms with Crippen molar-refractivity contribution in [1.29, 1.82) is 5.26 Å². The molecule has 0 radical (unpaired) electrons. The third-order valence-corrected chi connectivity index (χ3v) is 4.06. The first-order chi connectivity index (χ1) is 10.3. The lowest BCUT2D eigenvalue weighted by atomic mass is 9.85. The summed E-state index contributed by atoms with van der Waals surface area (Å²) in [5, 5.41) is 12.9. The van der Waals surface area contributed by atoms with Crippen molar-refractivity contribution < 1.29 is 9.26 Å². The van der Waals surface area contributed by atoms with Gasteiger partial charge in [0.2, 0.25) is 5.82 Å². The van der Waals surface area contributed by atoms with E-state index < -0.39 is 0 Å². The number of hydrogen-bond donors (Lipinski definition) is 1. The number of hydrogen-bond acceptors (Lipinski definition) is 5. The molecule has 2 aromatic rings. The molecule has 21 heavy (non-hydrogen) atoms. The maximum atomic E-state index is 8.83. The van der Waals surface area contributed by atoms with Crippen molar-refractivity contribution in [3.05, 3.63) is 23.7 Å². The van der Waals surface area contributed by atoms with Gasteiger partial charge in [-0.2, -0.15) is 10.2 Å². The standard InChI is InChI=1S/C15H18N4O2/c1-20-13(10-5-3-2-4-6-10)14-18-15(21-19-14)12-8-7-11(9-16)17-12/h7-8,10,13,17H,2-6H2,1H3. The number of rotatable bonds is 4. The zero-order chi connectivity index (χ0) is 14.7. The summed E-state index contributed by atoms with van der Waals surface area (Å²) in [7, 11) is 1.69. The van der Waals surface area contributed by atoms with Crippen LogP contribution in [-0.2, 0) is 4.74 Å². The summed E-state index contributed by atoms with van der Waals surface area (Å²) in [5.41, 5.74) is 1.13. The normalized spacial score (nSPS) is 17.5. The molecule has 2 aromatic heterocycles. The van der Waals surface area contributed by atoms with Gasteiger partial charge in [0.25, 0.3) is 5.89 Å². The molecule has 0 aromatic carbocycles. The average Bonchev–Trinajstić information content (AvgIpc) is 3.18. The largest absolute Gasteiger partial charge is 0.373 e. The molecule has 2 heterocycles. The zero-order valence-electron chi connectivity index (χ0n) is 12.0. The second kappa shape index (κ2) is 6.10. The SMILES string of the molecule is COC(c1noc(-c2ccc(C#N)[nH]2)n1)C1CCCCC1. The Kier molecular flexibility index (Phi) is 4.02. The van der Waals surface area contributed by atoms with Gasteiger partial charge in [0.05, 0.1) is 0 Å². The third-order valence-electron chi connectivity index (χ3n) is 4.06. The van der Waals surface area contributed by atoms with Crippen molar-refractivity contribution in [2.75, 3.05) is 7.11 Å². The van der Waals surface area contributed by atoms with Crippen LogP contribution in [0.1, 0.15) is 49.7 Å². The maximum absolute atomic E-state index is 8.83. The van der Waals surface area contributed by atoms with E-state index in [4.69, 9.17) is 14.5 Å². The molecule has 6 heteroatoms. The Balaban J connectivity index is 1.80. The fraction of sp³-hybridized carbons (Fsp3) is 0.533. The summed E-state index contributed by atoms with van der Waals surface area (Å²) in [6.45, 7) is 0. The first-order valence-corrected chi connectivity index (χ1v) is 7.27. The highest BCUT2D eigenvalue weighted by Crippen LogP contribution is 2.35. The zero-order valence-corrected chi connectivity index (χ0v) is 12.0. The van der Waals surface area contributed by atoms with E-state index in [1.807, 2.05) is 6.07 Å². The van der Waals surface area contributed by atoms with E-state index in [0.717, 1.165) is 12.8 Å². The Hall–Kier alpha value is -2.13. The minimum absolute atomic E-state index is 0.117. The van der Waals surface area contributed by atoms with Crippen molar-refractivity contribution in [2.45, 2.75) is 38.2 Å². The van der Waals surface area contributed by atoms with Gasteiger partial charge in [-0.05, 0) is 30.9 Å². The Bertz CT molecular complexity index is 634. The van der Waals surface area contributed by atoms with E-state index in [1.54, 1.807) is 19.2 Å². The number of nitriles is 1. The Morgan fingerprint density at radius 3 is 2.86 bits per heavy atom. The first kappa shape index (κ1) is 13.8. The summed E-state index contributed by atoms with van der Waals surface area (Å²) in [4.78, 5) is 7.36. The van der Waals surface area contributed by atoms with Crippen molar-refractivity contribution in [2.24, 2.45) is 5.92 Å². The Morgan fingerprint density at radius 1 is 1.38 bits per heavy atom. The number of aromatic nitrogens is 3. The van der Waals surface area contributed by atoms with E-state index in [0.29, 0.717) is 29.0 Å². The van der Waals surface area contributed by atoms with Crippen molar-refractivity contribution in [1.82, 2.24) is 15.1 Å². The molecule has 1 unspecified atom stereocenters. The van der Waals surface area contributed by atoms with Gasteiger partial charge in [-0.1, -0.05) is 24.4 Å². The van der Waals surface area contributed by atoms with Crippen LogP contribution >= 0.6 is 0 Å². The molecule has 0 spiro atoms. The van der Waals surface area contributed by atoms with Crippen LogP contribution in [0.5, 0.6) is 0 Å². The molecule has 1 N–H and O–H groups in total. The molecule has 6 nitrogen and oxygen atoms in total. The van der Waals surface area contributed by atoms with Gasteiger partial charge in [-0.3, -0.25) is 0 Å². The summed E-state index contributed by atoms with van der Waals surface area (Å²) in [6.07, 6.45) is 5.93. The van der Waals surface area contributed by atoms with Crippen LogP contribution in [-0.4, -0.2) is 22.2 Å². The molecule has 1 aliphatic rings. The van der Waals surface area contributed by atoms with Crippen LogP contribution < -0.4 is 0 Å². The molecule has 1 aliphatic carbocycles. The van der Waals surface area contributed by atoms with Gasteiger partial charge in [0.15, 0.2) is 0 Å². The second-order valence-electron chi connectivity index (χ2n) is 5.41. The fourth-order valence-electron chi connectivity index (χ4n) is 2.99. The highest BCUT2D eigenvalue weighted by atomic mass is 16.5. The van der Waals surface area contributed by atoms with Crippen LogP contribution in [0.15, 0.2) is 16.7 Å². The first-order valence-electron chi connectivity index (χ1n) is 7.27. The quantitative estimate of drug-likeness (QED) is 0.932. The molecule has 1 atom stereocenters. The van der Waals surface area contributed by atoms with Crippen molar-refractivity contribution in [3.63, 3.8) is 0 Å². The molecular formula is C15H18N4O2. The molecule has 1 fully saturated rings. The van der Waals surface area contributed by atoms with Crippen LogP contribution in [0, 0.1) is 17.2 Å². The minimum atomic E-state index is -0.117. The second-order valence-corrected chi connectivity index (χ2v) is 5.41. The number of nitrogens with zero attached hydrogens (tertiary/aromatic N) is 3. The van der Waals surface area contributed by atoms with Gasteiger partial charge in [0.1, 0.15) is 23.6 Å². The summed E-state index contributed by atoms with van der Waals surface area (Å²) in [6, 6.07) is 5.49. The van der Waals surface area contributed by atoms with Gasteiger partial charge in [-0.15, -0.1) is 0 Å². The lowest BCUT2D eigenvalue weighted by molar-refractivity contribution is 0.0274. The smallest absolute Gasteiger partial charge is 0.274 e. The molecule has 0 amide bonds. The monoisotopic (exact) mass is 286 g/mol. The summed E-state index contributed by atoms with van der Waals surface area (Å²) < 4.78 is 10.9. The highest BCUT2D eigenvalue weighted by Gasteiger charge is 2.29. The van der Waals surface area contributed by atoms with E-state index in [2.05, 4.69) is 15.1 Å². The lowest BCUT2D eigenvalue weighted by Crippen LogP contribution is -2.19. The van der Waals surface area contributed by atoms with E-state index in [1.165, 1.54) is 19.3 Å². The number of methoxy groups -OCH3 is 1. The number of ether oxygens (including phenoxy) is 1. The van der Waals surface area contributed by atoms with Crippen molar-refractivity contribution >= 4 is 0 Å². The van der Waals surface area contributed by atoms with Gasteiger partial charge >= 0.3 is 0 Å².